The molecule has 7 heteroatoms. The highest BCUT2D eigenvalue weighted by atomic mass is 19.4. The van der Waals surface area contributed by atoms with Crippen molar-refractivity contribution in [1.82, 2.24) is 9.96 Å². The van der Waals surface area contributed by atoms with Gasteiger partial charge in [-0.2, -0.15) is 13.2 Å². The van der Waals surface area contributed by atoms with Gasteiger partial charge in [0.2, 0.25) is 0 Å². The lowest BCUT2D eigenvalue weighted by Crippen LogP contribution is -2.49. The number of hydroxylamine groups is 2. The van der Waals surface area contributed by atoms with E-state index in [0.29, 0.717) is 31.5 Å². The Balaban J connectivity index is 1.51. The van der Waals surface area contributed by atoms with Gasteiger partial charge in [-0.25, -0.2) is 4.79 Å². The average Bonchev–Trinajstić information content (AvgIpc) is 2.74. The summed E-state index contributed by atoms with van der Waals surface area (Å²) in [7, 11) is 1.70. The van der Waals surface area contributed by atoms with Gasteiger partial charge in [0.25, 0.3) is 0 Å². The molecule has 0 aliphatic carbocycles. The van der Waals surface area contributed by atoms with E-state index in [-0.39, 0.29) is 12.6 Å². The fourth-order valence-corrected chi connectivity index (χ4v) is 3.78. The van der Waals surface area contributed by atoms with Crippen LogP contribution in [-0.2, 0) is 4.84 Å². The average molecular weight is 435 g/mol. The van der Waals surface area contributed by atoms with E-state index in [1.165, 1.54) is 13.8 Å². The summed E-state index contributed by atoms with van der Waals surface area (Å²) in [5, 5.41) is 1.54. The quantitative estimate of drug-likeness (QED) is 0.569. The first-order valence-electron chi connectivity index (χ1n) is 10.5. The van der Waals surface area contributed by atoms with Crippen molar-refractivity contribution < 1.29 is 22.8 Å². The third kappa shape index (κ3) is 5.86. The molecule has 0 N–H and O–H groups in total. The third-order valence-electron chi connectivity index (χ3n) is 5.91. The second-order valence-electron chi connectivity index (χ2n) is 8.76. The zero-order valence-corrected chi connectivity index (χ0v) is 18.2. The van der Waals surface area contributed by atoms with Crippen LogP contribution < -0.4 is 0 Å². The number of likely N-dealkylation sites (tertiary alicyclic amines) is 1. The Hall–Kier alpha value is -2.38. The first-order chi connectivity index (χ1) is 14.6. The molecule has 0 unspecified atom stereocenters. The number of nitrogens with zero attached hydrogens (tertiary/aromatic N) is 2. The molecule has 0 bridgehead atoms. The Labute approximate surface area is 181 Å². The second-order valence-corrected chi connectivity index (χ2v) is 8.76. The van der Waals surface area contributed by atoms with Crippen molar-refractivity contribution in [1.29, 1.82) is 0 Å². The molecule has 168 valence electrons. The molecule has 1 fully saturated rings. The fourth-order valence-electron chi connectivity index (χ4n) is 3.78. The molecule has 1 saturated heterocycles. The third-order valence-corrected chi connectivity index (χ3v) is 5.91. The van der Waals surface area contributed by atoms with Crippen molar-refractivity contribution in [3.63, 3.8) is 0 Å². The van der Waals surface area contributed by atoms with E-state index in [9.17, 15) is 18.0 Å². The molecule has 3 rings (SSSR count). The van der Waals surface area contributed by atoms with Crippen LogP contribution in [0.3, 0.4) is 0 Å². The van der Waals surface area contributed by atoms with Gasteiger partial charge in [0.05, 0.1) is 11.0 Å². The molecule has 2 aromatic carbocycles. The standard InChI is InChI=1S/C24H29F3N2O2/c1-23(2,24(25,26)27)17-29-15-13-21(14-16-29)28(3)31-22(30)20-11-9-19(10-12-20)18-7-5-4-6-8-18/h4-12,21H,13-17H2,1-3H3. The normalized spacial score (nSPS) is 16.5. The smallest absolute Gasteiger partial charge is 0.364 e. The molecule has 1 aliphatic heterocycles. The van der Waals surface area contributed by atoms with Crippen LogP contribution in [0.15, 0.2) is 54.6 Å². The Bertz CT molecular complexity index is 859. The van der Waals surface area contributed by atoms with E-state index in [4.69, 9.17) is 4.84 Å². The molecule has 2 aromatic rings. The lowest BCUT2D eigenvalue weighted by molar-refractivity contribution is -0.218. The molecular weight excluding hydrogens is 405 g/mol. The van der Waals surface area contributed by atoms with E-state index in [1.54, 1.807) is 24.2 Å². The van der Waals surface area contributed by atoms with Crippen molar-refractivity contribution in [2.45, 2.75) is 38.9 Å². The number of hydrogen-bond acceptors (Lipinski definition) is 4. The zero-order chi connectivity index (χ0) is 22.6. The van der Waals surface area contributed by atoms with Crippen LogP contribution in [0.2, 0.25) is 0 Å². The Morgan fingerprint density at radius 1 is 1.00 bits per heavy atom. The van der Waals surface area contributed by atoms with Gasteiger partial charge in [0.1, 0.15) is 0 Å². The van der Waals surface area contributed by atoms with Crippen LogP contribution >= 0.6 is 0 Å². The number of rotatable bonds is 6. The van der Waals surface area contributed by atoms with Crippen LogP contribution in [0.1, 0.15) is 37.0 Å². The molecule has 0 saturated carbocycles. The van der Waals surface area contributed by atoms with Crippen LogP contribution in [-0.4, -0.2) is 54.8 Å². The van der Waals surface area contributed by atoms with Crippen molar-refractivity contribution >= 4 is 5.97 Å². The number of carbonyl (C=O) groups is 1. The summed E-state index contributed by atoms with van der Waals surface area (Å²) in [6.07, 6.45) is -2.94. The molecule has 1 heterocycles. The molecule has 0 atom stereocenters. The predicted molar refractivity (Wildman–Crippen MR) is 114 cm³/mol. The van der Waals surface area contributed by atoms with Gasteiger partial charge in [0, 0.05) is 19.6 Å². The van der Waals surface area contributed by atoms with Crippen molar-refractivity contribution in [3.8, 4) is 11.1 Å². The summed E-state index contributed by atoms with van der Waals surface area (Å²) in [5.74, 6) is -0.442. The number of halogens is 3. The minimum absolute atomic E-state index is 0.0159. The van der Waals surface area contributed by atoms with Gasteiger partial charge >= 0.3 is 12.1 Å². The fraction of sp³-hybridized carbons (Fsp3) is 0.458. The number of carbonyl (C=O) groups excluding carboxylic acids is 1. The van der Waals surface area contributed by atoms with E-state index < -0.39 is 17.6 Å². The molecule has 0 aromatic heterocycles. The molecule has 31 heavy (non-hydrogen) atoms. The lowest BCUT2D eigenvalue weighted by atomic mass is 9.90. The highest BCUT2D eigenvalue weighted by Gasteiger charge is 2.48. The maximum absolute atomic E-state index is 13.1. The SMILES string of the molecule is CN(OC(=O)c1ccc(-c2ccccc2)cc1)C1CCN(CC(C)(C)C(F)(F)F)CC1. The molecule has 0 radical (unpaired) electrons. The van der Waals surface area contributed by atoms with E-state index >= 15 is 0 Å². The number of piperidine rings is 1. The summed E-state index contributed by atoms with van der Waals surface area (Å²) in [5.41, 5.74) is 0.792. The van der Waals surface area contributed by atoms with Crippen LogP contribution in [0.5, 0.6) is 0 Å². The van der Waals surface area contributed by atoms with E-state index in [1.807, 2.05) is 47.4 Å². The first-order valence-corrected chi connectivity index (χ1v) is 10.5. The van der Waals surface area contributed by atoms with Crippen LogP contribution in [0.4, 0.5) is 13.2 Å². The highest BCUT2D eigenvalue weighted by Crippen LogP contribution is 2.38. The summed E-state index contributed by atoms with van der Waals surface area (Å²) < 4.78 is 39.4. The zero-order valence-electron chi connectivity index (χ0n) is 18.2. The van der Waals surface area contributed by atoms with Crippen molar-refractivity contribution in [2.24, 2.45) is 5.41 Å². The monoisotopic (exact) mass is 434 g/mol. The molecule has 0 amide bonds. The lowest BCUT2D eigenvalue weighted by Gasteiger charge is -2.39. The Morgan fingerprint density at radius 2 is 1.55 bits per heavy atom. The van der Waals surface area contributed by atoms with Gasteiger partial charge in [-0.3, -0.25) is 0 Å². The molecular formula is C24H29F3N2O2. The van der Waals surface area contributed by atoms with Gasteiger partial charge in [-0.15, -0.1) is 5.06 Å². The summed E-state index contributed by atoms with van der Waals surface area (Å²) in [6.45, 7) is 3.52. The second kappa shape index (κ2) is 9.40. The molecule has 4 nitrogen and oxygen atoms in total. The largest absolute Gasteiger partial charge is 0.395 e. The van der Waals surface area contributed by atoms with E-state index in [0.717, 1.165) is 11.1 Å². The maximum Gasteiger partial charge on any atom is 0.395 e. The summed E-state index contributed by atoms with van der Waals surface area (Å²) in [4.78, 5) is 19.9. The number of alkyl halides is 3. The van der Waals surface area contributed by atoms with Crippen molar-refractivity contribution in [2.75, 3.05) is 26.7 Å². The Kier molecular flexibility index (Phi) is 7.06. The molecule has 1 aliphatic rings. The number of hydrogen-bond donors (Lipinski definition) is 0. The summed E-state index contributed by atoms with van der Waals surface area (Å²) >= 11 is 0. The topological polar surface area (TPSA) is 32.8 Å². The first kappa shape index (κ1) is 23.3. The van der Waals surface area contributed by atoms with Crippen LogP contribution in [0.25, 0.3) is 11.1 Å². The summed E-state index contributed by atoms with van der Waals surface area (Å²) in [6, 6.07) is 17.1. The maximum atomic E-state index is 13.1. The minimum atomic E-state index is -4.23. The predicted octanol–water partition coefficient (Wildman–Crippen LogP) is 5.41. The van der Waals surface area contributed by atoms with Crippen molar-refractivity contribution in [3.05, 3.63) is 60.2 Å². The minimum Gasteiger partial charge on any atom is -0.364 e. The van der Waals surface area contributed by atoms with Gasteiger partial charge in [0.15, 0.2) is 0 Å². The number of benzene rings is 2. The Morgan fingerprint density at radius 3 is 2.10 bits per heavy atom. The van der Waals surface area contributed by atoms with E-state index in [2.05, 4.69) is 0 Å². The van der Waals surface area contributed by atoms with Gasteiger partial charge in [-0.1, -0.05) is 42.5 Å². The van der Waals surface area contributed by atoms with Crippen LogP contribution in [0, 0.1) is 5.41 Å². The highest BCUT2D eigenvalue weighted by molar-refractivity contribution is 5.89. The van der Waals surface area contributed by atoms with Gasteiger partial charge in [-0.05, 0) is 63.0 Å². The van der Waals surface area contributed by atoms with Gasteiger partial charge < -0.3 is 9.74 Å². The molecule has 0 spiro atoms.